The monoisotopic (exact) mass is 237 g/mol. The smallest absolute Gasteiger partial charge is 0.357 e. The maximum atomic E-state index is 11.4. The third kappa shape index (κ3) is 2.58. The first-order chi connectivity index (χ1) is 8.15. The second-order valence-corrected chi connectivity index (χ2v) is 2.92. The molecule has 1 aromatic carbocycles. The zero-order valence-corrected chi connectivity index (χ0v) is 9.39. The van der Waals surface area contributed by atoms with E-state index in [1.54, 1.807) is 0 Å². The summed E-state index contributed by atoms with van der Waals surface area (Å²) >= 11 is 0. The number of carbonyl (C=O) groups excluding carboxylic acids is 1. The van der Waals surface area contributed by atoms with E-state index in [4.69, 9.17) is 16.0 Å². The molecule has 90 valence electrons. The SMILES string of the molecule is [C-]#[N+]COc1ccc(C(=O)OC)c(OC)c1O. The molecule has 6 nitrogen and oxygen atoms in total. The highest BCUT2D eigenvalue weighted by molar-refractivity contribution is 5.94. The Kier molecular flexibility index (Phi) is 4.17. The van der Waals surface area contributed by atoms with E-state index in [-0.39, 0.29) is 29.5 Å². The number of hydrogen-bond acceptors (Lipinski definition) is 5. The lowest BCUT2D eigenvalue weighted by molar-refractivity contribution is 0.0596. The van der Waals surface area contributed by atoms with Gasteiger partial charge in [0, 0.05) is 0 Å². The highest BCUT2D eigenvalue weighted by Gasteiger charge is 2.20. The fourth-order valence-corrected chi connectivity index (χ4v) is 1.25. The van der Waals surface area contributed by atoms with E-state index in [1.165, 1.54) is 26.4 Å². The van der Waals surface area contributed by atoms with Gasteiger partial charge in [0.05, 0.1) is 14.2 Å². The van der Waals surface area contributed by atoms with Crippen molar-refractivity contribution in [2.24, 2.45) is 0 Å². The van der Waals surface area contributed by atoms with Gasteiger partial charge in [-0.3, -0.25) is 4.85 Å². The van der Waals surface area contributed by atoms with E-state index < -0.39 is 5.97 Å². The first-order valence-corrected chi connectivity index (χ1v) is 4.60. The van der Waals surface area contributed by atoms with Crippen LogP contribution in [-0.2, 0) is 4.74 Å². The van der Waals surface area contributed by atoms with Crippen LogP contribution in [0.4, 0.5) is 0 Å². The van der Waals surface area contributed by atoms with Crippen molar-refractivity contribution in [1.82, 2.24) is 0 Å². The van der Waals surface area contributed by atoms with Gasteiger partial charge in [0.15, 0.2) is 11.5 Å². The van der Waals surface area contributed by atoms with E-state index >= 15 is 0 Å². The van der Waals surface area contributed by atoms with E-state index in [2.05, 4.69) is 9.58 Å². The third-order valence-corrected chi connectivity index (χ3v) is 1.99. The van der Waals surface area contributed by atoms with Crippen molar-refractivity contribution in [1.29, 1.82) is 0 Å². The van der Waals surface area contributed by atoms with Crippen LogP contribution in [0.1, 0.15) is 10.4 Å². The van der Waals surface area contributed by atoms with Crippen molar-refractivity contribution >= 4 is 5.97 Å². The number of ether oxygens (including phenoxy) is 3. The third-order valence-electron chi connectivity index (χ3n) is 1.99. The number of phenolic OH excluding ortho intramolecular Hbond substituents is 1. The van der Waals surface area contributed by atoms with Crippen LogP contribution < -0.4 is 9.47 Å². The molecule has 0 heterocycles. The Morgan fingerprint density at radius 3 is 2.71 bits per heavy atom. The summed E-state index contributed by atoms with van der Waals surface area (Å²) < 4.78 is 14.4. The average molecular weight is 237 g/mol. The van der Waals surface area contributed by atoms with Crippen LogP contribution in [0.15, 0.2) is 12.1 Å². The Morgan fingerprint density at radius 1 is 1.47 bits per heavy atom. The van der Waals surface area contributed by atoms with E-state index in [9.17, 15) is 9.90 Å². The molecule has 0 bridgehead atoms. The van der Waals surface area contributed by atoms with Crippen molar-refractivity contribution in [2.75, 3.05) is 21.0 Å². The minimum atomic E-state index is -0.631. The van der Waals surface area contributed by atoms with Crippen LogP contribution in [0.3, 0.4) is 0 Å². The fraction of sp³-hybridized carbons (Fsp3) is 0.273. The Bertz CT molecular complexity index is 464. The molecule has 0 spiro atoms. The highest BCUT2D eigenvalue weighted by Crippen LogP contribution is 2.39. The molecule has 0 unspecified atom stereocenters. The lowest BCUT2D eigenvalue weighted by Crippen LogP contribution is -2.05. The van der Waals surface area contributed by atoms with Gasteiger partial charge in [-0.1, -0.05) is 0 Å². The molecule has 6 heteroatoms. The molecule has 1 aromatic rings. The van der Waals surface area contributed by atoms with Gasteiger partial charge in [0.2, 0.25) is 5.75 Å². The first-order valence-electron chi connectivity index (χ1n) is 4.60. The summed E-state index contributed by atoms with van der Waals surface area (Å²) in [4.78, 5) is 14.4. The molecule has 1 N–H and O–H groups in total. The number of methoxy groups -OCH3 is 2. The summed E-state index contributed by atoms with van der Waals surface area (Å²) in [6.07, 6.45) is 0. The molecule has 0 saturated carbocycles. The number of carbonyl (C=O) groups is 1. The van der Waals surface area contributed by atoms with E-state index in [0.717, 1.165) is 0 Å². The maximum absolute atomic E-state index is 11.4. The molecule has 0 aliphatic rings. The van der Waals surface area contributed by atoms with Crippen LogP contribution in [0.25, 0.3) is 4.85 Å². The molecule has 1 rings (SSSR count). The molecular weight excluding hydrogens is 226 g/mol. The summed E-state index contributed by atoms with van der Waals surface area (Å²) in [6.45, 7) is 6.35. The summed E-state index contributed by atoms with van der Waals surface area (Å²) in [5.74, 6) is -0.933. The maximum Gasteiger partial charge on any atom is 0.357 e. The Morgan fingerprint density at radius 2 is 2.18 bits per heavy atom. The molecule has 0 radical (unpaired) electrons. The van der Waals surface area contributed by atoms with Crippen molar-refractivity contribution in [2.45, 2.75) is 0 Å². The molecule has 0 fully saturated rings. The van der Waals surface area contributed by atoms with Crippen LogP contribution >= 0.6 is 0 Å². The van der Waals surface area contributed by atoms with Crippen molar-refractivity contribution in [3.05, 3.63) is 29.1 Å². The van der Waals surface area contributed by atoms with E-state index in [0.29, 0.717) is 0 Å². The van der Waals surface area contributed by atoms with Crippen molar-refractivity contribution in [3.63, 3.8) is 0 Å². The first kappa shape index (κ1) is 12.6. The quantitative estimate of drug-likeness (QED) is 0.634. The largest absolute Gasteiger partial charge is 0.502 e. The number of nitrogens with zero attached hydrogens (tertiary/aromatic N) is 1. The number of aromatic hydroxyl groups is 1. The van der Waals surface area contributed by atoms with Crippen molar-refractivity contribution in [3.8, 4) is 17.2 Å². The lowest BCUT2D eigenvalue weighted by Gasteiger charge is -2.11. The predicted molar refractivity (Wildman–Crippen MR) is 58.1 cm³/mol. The van der Waals surface area contributed by atoms with Crippen LogP contribution in [-0.4, -0.2) is 32.0 Å². The zero-order chi connectivity index (χ0) is 12.8. The number of esters is 1. The standard InChI is InChI=1S/C11H11NO5/c1-12-6-17-8-5-4-7(11(14)16-3)10(15-2)9(8)13/h4-5,13H,6H2,2-3H3. The van der Waals surface area contributed by atoms with Gasteiger partial charge in [-0.2, -0.15) is 0 Å². The number of benzene rings is 1. The predicted octanol–water partition coefficient (Wildman–Crippen LogP) is 1.44. The molecular formula is C11H11NO5. The summed E-state index contributed by atoms with van der Waals surface area (Å²) in [5.41, 5.74) is 0.0858. The minimum Gasteiger partial charge on any atom is -0.502 e. The zero-order valence-electron chi connectivity index (χ0n) is 9.39. The molecule has 0 amide bonds. The average Bonchev–Trinajstić information content (AvgIpc) is 2.36. The molecule has 0 aromatic heterocycles. The Labute approximate surface area is 98.2 Å². The molecule has 0 aliphatic heterocycles. The van der Waals surface area contributed by atoms with Gasteiger partial charge in [0.25, 0.3) is 0 Å². The number of phenols is 1. The summed E-state index contributed by atoms with van der Waals surface area (Å²) in [5, 5.41) is 9.78. The molecule has 0 aliphatic carbocycles. The van der Waals surface area contributed by atoms with Crippen LogP contribution in [0, 0.1) is 6.57 Å². The van der Waals surface area contributed by atoms with Gasteiger partial charge in [-0.05, 0) is 12.1 Å². The Hall–Kier alpha value is -2.42. The van der Waals surface area contributed by atoms with Crippen LogP contribution in [0.2, 0.25) is 0 Å². The number of hydrogen-bond donors (Lipinski definition) is 1. The van der Waals surface area contributed by atoms with Gasteiger partial charge >= 0.3 is 12.7 Å². The highest BCUT2D eigenvalue weighted by atomic mass is 16.5. The molecule has 0 saturated heterocycles. The normalized spacial score (nSPS) is 9.24. The second kappa shape index (κ2) is 5.61. The lowest BCUT2D eigenvalue weighted by atomic mass is 10.1. The van der Waals surface area contributed by atoms with Gasteiger partial charge in [-0.25, -0.2) is 11.4 Å². The topological polar surface area (TPSA) is 69.4 Å². The second-order valence-electron chi connectivity index (χ2n) is 2.92. The van der Waals surface area contributed by atoms with Gasteiger partial charge < -0.3 is 19.3 Å². The Balaban J connectivity index is 3.18. The summed E-state index contributed by atoms with van der Waals surface area (Å²) in [7, 11) is 2.53. The fourth-order valence-electron chi connectivity index (χ4n) is 1.25. The van der Waals surface area contributed by atoms with Crippen molar-refractivity contribution < 1.29 is 24.1 Å². The van der Waals surface area contributed by atoms with Crippen LogP contribution in [0.5, 0.6) is 17.2 Å². The van der Waals surface area contributed by atoms with Gasteiger partial charge in [0.1, 0.15) is 5.56 Å². The molecule has 17 heavy (non-hydrogen) atoms. The minimum absolute atomic E-state index is 0.0423. The molecule has 0 atom stereocenters. The van der Waals surface area contributed by atoms with Gasteiger partial charge in [-0.15, -0.1) is 0 Å². The summed E-state index contributed by atoms with van der Waals surface area (Å²) in [6, 6.07) is 2.76. The number of rotatable bonds is 4. The van der Waals surface area contributed by atoms with E-state index in [1.807, 2.05) is 0 Å².